The summed E-state index contributed by atoms with van der Waals surface area (Å²) >= 11 is 0. The smallest absolute Gasteiger partial charge is 0.345 e. The first-order valence-corrected chi connectivity index (χ1v) is 9.71. The van der Waals surface area contributed by atoms with Crippen molar-refractivity contribution in [2.45, 2.75) is 57.6 Å². The molecule has 1 atom stereocenters. The Labute approximate surface area is 154 Å². The van der Waals surface area contributed by atoms with E-state index in [-0.39, 0.29) is 30.2 Å². The van der Waals surface area contributed by atoms with Crippen LogP contribution in [0.3, 0.4) is 0 Å². The van der Waals surface area contributed by atoms with Crippen LogP contribution < -0.4 is 5.69 Å². The van der Waals surface area contributed by atoms with Crippen molar-refractivity contribution in [1.82, 2.24) is 19.2 Å². The molecule has 0 aromatic carbocycles. The van der Waals surface area contributed by atoms with Crippen LogP contribution in [-0.4, -0.2) is 64.2 Å². The molecule has 0 N–H and O–H groups in total. The predicted molar refractivity (Wildman–Crippen MR) is 96.1 cm³/mol. The number of likely N-dealkylation sites (tertiary alicyclic amines) is 1. The van der Waals surface area contributed by atoms with Gasteiger partial charge in [0.1, 0.15) is 12.4 Å². The normalized spacial score (nSPS) is 21.9. The maximum atomic E-state index is 12.3. The Hall–Kier alpha value is -1.67. The van der Waals surface area contributed by atoms with E-state index in [2.05, 4.69) is 5.10 Å². The highest BCUT2D eigenvalue weighted by molar-refractivity contribution is 5.77. The van der Waals surface area contributed by atoms with Crippen LogP contribution in [0.1, 0.15) is 50.8 Å². The van der Waals surface area contributed by atoms with Gasteiger partial charge in [0.05, 0.1) is 12.7 Å². The van der Waals surface area contributed by atoms with E-state index in [9.17, 15) is 9.59 Å². The van der Waals surface area contributed by atoms with E-state index in [0.717, 1.165) is 38.1 Å². The number of nitrogens with zero attached hydrogens (tertiary/aromatic N) is 4. The van der Waals surface area contributed by atoms with E-state index in [1.807, 2.05) is 11.8 Å². The minimum Gasteiger partial charge on any atom is -0.376 e. The van der Waals surface area contributed by atoms with Crippen molar-refractivity contribution >= 4 is 5.91 Å². The summed E-state index contributed by atoms with van der Waals surface area (Å²) in [4.78, 5) is 26.3. The van der Waals surface area contributed by atoms with E-state index in [1.54, 1.807) is 11.6 Å². The average molecular weight is 366 g/mol. The first kappa shape index (κ1) is 19.1. The van der Waals surface area contributed by atoms with Crippen molar-refractivity contribution in [1.29, 1.82) is 0 Å². The molecule has 2 saturated heterocycles. The standard InChI is InChI=1S/C18H30N4O4/c1-3-22-17(19-20(2)18(22)24)14-7-9-21(10-8-14)16(23)13-25-12-15-6-4-5-11-26-15/h14-15H,3-13H2,1-2H3/t15-/m0/s1. The van der Waals surface area contributed by atoms with Crippen molar-refractivity contribution in [2.75, 3.05) is 32.9 Å². The Kier molecular flexibility index (Phi) is 6.48. The number of aromatic nitrogens is 3. The van der Waals surface area contributed by atoms with Crippen molar-refractivity contribution in [3.63, 3.8) is 0 Å². The molecular weight excluding hydrogens is 336 g/mol. The van der Waals surface area contributed by atoms with Crippen LogP contribution >= 0.6 is 0 Å². The molecule has 26 heavy (non-hydrogen) atoms. The molecule has 8 nitrogen and oxygen atoms in total. The van der Waals surface area contributed by atoms with Gasteiger partial charge in [-0.3, -0.25) is 9.36 Å². The van der Waals surface area contributed by atoms with Crippen LogP contribution in [0.2, 0.25) is 0 Å². The SMILES string of the molecule is CCn1c(C2CCN(C(=O)COC[C@@H]3CCCCO3)CC2)nn(C)c1=O. The molecule has 3 rings (SSSR count). The number of hydrogen-bond donors (Lipinski definition) is 0. The number of hydrogen-bond acceptors (Lipinski definition) is 5. The van der Waals surface area contributed by atoms with Gasteiger partial charge in [-0.1, -0.05) is 0 Å². The molecular formula is C18H30N4O4. The lowest BCUT2D eigenvalue weighted by Crippen LogP contribution is -2.41. The van der Waals surface area contributed by atoms with Gasteiger partial charge < -0.3 is 14.4 Å². The molecule has 146 valence electrons. The number of carbonyl (C=O) groups excluding carboxylic acids is 1. The van der Waals surface area contributed by atoms with Gasteiger partial charge >= 0.3 is 5.69 Å². The second kappa shape index (κ2) is 8.81. The van der Waals surface area contributed by atoms with Gasteiger partial charge in [0.15, 0.2) is 0 Å². The molecule has 2 aliphatic rings. The fourth-order valence-electron chi connectivity index (χ4n) is 3.82. The largest absolute Gasteiger partial charge is 0.376 e. The van der Waals surface area contributed by atoms with Gasteiger partial charge in [-0.2, -0.15) is 5.10 Å². The first-order chi connectivity index (χ1) is 12.6. The molecule has 0 saturated carbocycles. The Bertz CT molecular complexity index is 655. The molecule has 8 heteroatoms. The summed E-state index contributed by atoms with van der Waals surface area (Å²) in [6.45, 7) is 5.36. The van der Waals surface area contributed by atoms with Crippen LogP contribution in [0.15, 0.2) is 4.79 Å². The fourth-order valence-corrected chi connectivity index (χ4v) is 3.82. The van der Waals surface area contributed by atoms with Gasteiger partial charge in [-0.05, 0) is 39.0 Å². The second-order valence-electron chi connectivity index (χ2n) is 7.17. The summed E-state index contributed by atoms with van der Waals surface area (Å²) in [6.07, 6.45) is 5.10. The van der Waals surface area contributed by atoms with E-state index in [0.29, 0.717) is 26.2 Å². The minimum atomic E-state index is -0.0701. The molecule has 2 fully saturated rings. The van der Waals surface area contributed by atoms with Crippen LogP contribution in [0.25, 0.3) is 0 Å². The first-order valence-electron chi connectivity index (χ1n) is 9.71. The van der Waals surface area contributed by atoms with E-state index in [1.165, 1.54) is 11.1 Å². The van der Waals surface area contributed by atoms with Crippen LogP contribution in [-0.2, 0) is 27.9 Å². The number of carbonyl (C=O) groups is 1. The lowest BCUT2D eigenvalue weighted by Gasteiger charge is -2.31. The van der Waals surface area contributed by atoms with Crippen LogP contribution in [0, 0.1) is 0 Å². The summed E-state index contributed by atoms with van der Waals surface area (Å²) in [5.74, 6) is 1.11. The lowest BCUT2D eigenvalue weighted by atomic mass is 9.96. The maximum Gasteiger partial charge on any atom is 0.345 e. The van der Waals surface area contributed by atoms with Gasteiger partial charge in [-0.15, -0.1) is 0 Å². The topological polar surface area (TPSA) is 78.6 Å². The van der Waals surface area contributed by atoms with Crippen molar-refractivity contribution in [3.05, 3.63) is 16.3 Å². The fraction of sp³-hybridized carbons (Fsp3) is 0.833. The third kappa shape index (κ3) is 4.35. The highest BCUT2D eigenvalue weighted by atomic mass is 16.5. The predicted octanol–water partition coefficient (Wildman–Crippen LogP) is 0.893. The maximum absolute atomic E-state index is 12.3. The van der Waals surface area contributed by atoms with Gasteiger partial charge in [0.2, 0.25) is 5.91 Å². The van der Waals surface area contributed by atoms with Gasteiger partial charge in [0.25, 0.3) is 0 Å². The molecule has 0 bridgehead atoms. The van der Waals surface area contributed by atoms with E-state index in [4.69, 9.17) is 9.47 Å². The summed E-state index contributed by atoms with van der Waals surface area (Å²) in [5, 5.41) is 4.40. The van der Waals surface area contributed by atoms with Crippen LogP contribution in [0.5, 0.6) is 0 Å². The van der Waals surface area contributed by atoms with Crippen molar-refractivity contribution < 1.29 is 14.3 Å². The summed E-state index contributed by atoms with van der Waals surface area (Å²) in [7, 11) is 1.68. The molecule has 1 aromatic heterocycles. The highest BCUT2D eigenvalue weighted by Crippen LogP contribution is 2.26. The summed E-state index contributed by atoms with van der Waals surface area (Å²) in [5.41, 5.74) is -0.0701. The third-order valence-electron chi connectivity index (χ3n) is 5.37. The van der Waals surface area contributed by atoms with Gasteiger partial charge in [0, 0.05) is 39.2 Å². The molecule has 0 unspecified atom stereocenters. The monoisotopic (exact) mass is 366 g/mol. The molecule has 1 amide bonds. The minimum absolute atomic E-state index is 0.0353. The molecule has 0 radical (unpaired) electrons. The number of piperidine rings is 1. The van der Waals surface area contributed by atoms with Crippen molar-refractivity contribution in [2.24, 2.45) is 7.05 Å². The molecule has 0 spiro atoms. The molecule has 0 aliphatic carbocycles. The molecule has 1 aromatic rings. The zero-order valence-corrected chi connectivity index (χ0v) is 15.9. The molecule has 2 aliphatic heterocycles. The zero-order valence-electron chi connectivity index (χ0n) is 15.9. The highest BCUT2D eigenvalue weighted by Gasteiger charge is 2.28. The number of rotatable bonds is 6. The Morgan fingerprint density at radius 3 is 2.69 bits per heavy atom. The van der Waals surface area contributed by atoms with E-state index < -0.39 is 0 Å². The van der Waals surface area contributed by atoms with Gasteiger partial charge in [-0.25, -0.2) is 9.48 Å². The van der Waals surface area contributed by atoms with Crippen molar-refractivity contribution in [3.8, 4) is 0 Å². The average Bonchev–Trinajstić information content (AvgIpc) is 2.97. The van der Waals surface area contributed by atoms with Crippen LogP contribution in [0.4, 0.5) is 0 Å². The summed E-state index contributed by atoms with van der Waals surface area (Å²) < 4.78 is 14.3. The van der Waals surface area contributed by atoms with E-state index >= 15 is 0 Å². The number of aryl methyl sites for hydroxylation is 1. The summed E-state index contributed by atoms with van der Waals surface area (Å²) in [6, 6.07) is 0. The number of amides is 1. The Morgan fingerprint density at radius 2 is 2.04 bits per heavy atom. The second-order valence-corrected chi connectivity index (χ2v) is 7.17. The number of ether oxygens (including phenoxy) is 2. The zero-order chi connectivity index (χ0) is 18.5. The lowest BCUT2D eigenvalue weighted by molar-refractivity contribution is -0.139. The third-order valence-corrected chi connectivity index (χ3v) is 5.37. The quantitative estimate of drug-likeness (QED) is 0.747. The Balaban J connectivity index is 1.45. The Morgan fingerprint density at radius 1 is 1.27 bits per heavy atom. The molecule has 3 heterocycles.